The smallest absolute Gasteiger partial charge is 0.242 e. The summed E-state index contributed by atoms with van der Waals surface area (Å²) in [5, 5.41) is 2.78. The van der Waals surface area contributed by atoms with Crippen molar-refractivity contribution in [1.82, 2.24) is 4.72 Å². The summed E-state index contributed by atoms with van der Waals surface area (Å²) in [5.74, 6) is 0. The Kier molecular flexibility index (Phi) is 3.84. The lowest BCUT2D eigenvalue weighted by Gasteiger charge is -2.13. The van der Waals surface area contributed by atoms with Gasteiger partial charge in [-0.05, 0) is 30.0 Å². The molecule has 0 saturated heterocycles. The van der Waals surface area contributed by atoms with E-state index in [1.54, 1.807) is 7.05 Å². The Morgan fingerprint density at radius 3 is 2.19 bits per heavy atom. The summed E-state index contributed by atoms with van der Waals surface area (Å²) in [4.78, 5) is -0.0624. The molecular weight excluding hydrogens is 312 g/mol. The van der Waals surface area contributed by atoms with Gasteiger partial charge in [0, 0.05) is 19.3 Å². The van der Waals surface area contributed by atoms with Gasteiger partial charge in [-0.3, -0.25) is 0 Å². The third kappa shape index (κ3) is 3.38. The van der Waals surface area contributed by atoms with Crippen LogP contribution >= 0.6 is 0 Å². The molecule has 1 aliphatic rings. The molecule has 1 aliphatic carbocycles. The largest absolute Gasteiger partial charge is 0.387 e. The van der Waals surface area contributed by atoms with Crippen LogP contribution in [0.25, 0.3) is 0 Å². The van der Waals surface area contributed by atoms with E-state index in [0.717, 1.165) is 12.7 Å². The highest BCUT2D eigenvalue weighted by Crippen LogP contribution is 2.45. The molecule has 0 aromatic heterocycles. The molecule has 1 aromatic rings. The molecule has 0 amide bonds. The molecule has 1 atom stereocenters. The topological polar surface area (TPSA) is 92.3 Å². The van der Waals surface area contributed by atoms with E-state index in [9.17, 15) is 16.8 Å². The molecule has 21 heavy (non-hydrogen) atoms. The first-order chi connectivity index (χ1) is 9.47. The first kappa shape index (κ1) is 16.3. The van der Waals surface area contributed by atoms with Gasteiger partial charge in [0.25, 0.3) is 0 Å². The van der Waals surface area contributed by atoms with Crippen LogP contribution in [0.4, 0.5) is 5.69 Å². The number of nitrogens with one attached hydrogen (secondary N) is 2. The average molecular weight is 332 g/mol. The first-order valence-electron chi connectivity index (χ1n) is 6.51. The molecule has 0 aliphatic heterocycles. The van der Waals surface area contributed by atoms with Crippen molar-refractivity contribution in [2.45, 2.75) is 36.1 Å². The summed E-state index contributed by atoms with van der Waals surface area (Å²) in [6.07, 6.45) is 1.82. The normalized spacial score (nSPS) is 21.0. The van der Waals surface area contributed by atoms with Crippen molar-refractivity contribution in [2.24, 2.45) is 5.41 Å². The minimum atomic E-state index is -3.77. The van der Waals surface area contributed by atoms with Gasteiger partial charge in [-0.25, -0.2) is 21.6 Å². The van der Waals surface area contributed by atoms with Gasteiger partial charge >= 0.3 is 0 Å². The first-order valence-corrected chi connectivity index (χ1v) is 9.89. The van der Waals surface area contributed by atoms with Crippen LogP contribution in [0.2, 0.25) is 0 Å². The summed E-state index contributed by atoms with van der Waals surface area (Å²) in [6.45, 7) is 3.96. The quantitative estimate of drug-likeness (QED) is 0.845. The van der Waals surface area contributed by atoms with Crippen LogP contribution in [-0.2, 0) is 19.9 Å². The summed E-state index contributed by atoms with van der Waals surface area (Å²) >= 11 is 0. The standard InChI is InChI=1S/C13H20N2O4S2/c1-13(2)8-12(13)15-21(18,19)11-7-9(20(4,16)17)5-6-10(11)14-3/h5-7,12,14-15H,8H2,1-4H3. The van der Waals surface area contributed by atoms with Crippen LogP contribution in [0.15, 0.2) is 28.0 Å². The van der Waals surface area contributed by atoms with Crippen molar-refractivity contribution >= 4 is 25.5 Å². The number of hydrogen-bond acceptors (Lipinski definition) is 5. The highest BCUT2D eigenvalue weighted by molar-refractivity contribution is 7.91. The number of benzene rings is 1. The summed E-state index contributed by atoms with van der Waals surface area (Å²) < 4.78 is 50.8. The van der Waals surface area contributed by atoms with Gasteiger partial charge in [0.15, 0.2) is 9.84 Å². The molecule has 1 fully saturated rings. The summed E-state index contributed by atoms with van der Waals surface area (Å²) in [6, 6.07) is 3.93. The Morgan fingerprint density at radius 1 is 1.19 bits per heavy atom. The Hall–Kier alpha value is -1.12. The van der Waals surface area contributed by atoms with Crippen molar-refractivity contribution in [3.8, 4) is 0 Å². The summed E-state index contributed by atoms with van der Waals surface area (Å²) in [7, 11) is -5.64. The third-order valence-corrected chi connectivity index (χ3v) is 6.37. The lowest BCUT2D eigenvalue weighted by Crippen LogP contribution is -2.29. The second kappa shape index (κ2) is 4.96. The highest BCUT2D eigenvalue weighted by atomic mass is 32.2. The fraction of sp³-hybridized carbons (Fsp3) is 0.538. The number of sulfone groups is 1. The number of sulfonamides is 1. The molecule has 118 valence electrons. The van der Waals surface area contributed by atoms with Crippen molar-refractivity contribution in [3.63, 3.8) is 0 Å². The molecule has 1 aromatic carbocycles. The molecule has 1 saturated carbocycles. The van der Waals surface area contributed by atoms with E-state index in [1.807, 2.05) is 13.8 Å². The minimum Gasteiger partial charge on any atom is -0.387 e. The maximum absolute atomic E-state index is 12.5. The van der Waals surface area contributed by atoms with E-state index in [1.165, 1.54) is 18.2 Å². The van der Waals surface area contributed by atoms with E-state index in [2.05, 4.69) is 10.0 Å². The average Bonchev–Trinajstić information content (AvgIpc) is 2.93. The monoisotopic (exact) mass is 332 g/mol. The van der Waals surface area contributed by atoms with Crippen molar-refractivity contribution in [2.75, 3.05) is 18.6 Å². The van der Waals surface area contributed by atoms with Crippen molar-refractivity contribution < 1.29 is 16.8 Å². The highest BCUT2D eigenvalue weighted by Gasteiger charge is 2.48. The van der Waals surface area contributed by atoms with Gasteiger partial charge in [-0.15, -0.1) is 0 Å². The van der Waals surface area contributed by atoms with Gasteiger partial charge in [0.05, 0.1) is 10.6 Å². The lowest BCUT2D eigenvalue weighted by atomic mass is 10.2. The second-order valence-electron chi connectivity index (χ2n) is 6.05. The molecule has 1 unspecified atom stereocenters. The predicted octanol–water partition coefficient (Wildman–Crippen LogP) is 1.21. The molecule has 8 heteroatoms. The molecule has 0 spiro atoms. The van der Waals surface area contributed by atoms with E-state index in [-0.39, 0.29) is 21.2 Å². The van der Waals surface area contributed by atoms with Crippen molar-refractivity contribution in [1.29, 1.82) is 0 Å². The zero-order chi connectivity index (χ0) is 16.1. The maximum atomic E-state index is 12.5. The Bertz CT molecular complexity index is 767. The zero-order valence-electron chi connectivity index (χ0n) is 12.5. The predicted molar refractivity (Wildman–Crippen MR) is 81.6 cm³/mol. The van der Waals surface area contributed by atoms with Crippen LogP contribution in [0.1, 0.15) is 20.3 Å². The lowest BCUT2D eigenvalue weighted by molar-refractivity contribution is 0.555. The van der Waals surface area contributed by atoms with E-state index < -0.39 is 19.9 Å². The van der Waals surface area contributed by atoms with E-state index in [4.69, 9.17) is 0 Å². The Balaban J connectivity index is 2.46. The molecule has 0 radical (unpaired) electrons. The molecule has 2 rings (SSSR count). The van der Waals surface area contributed by atoms with Crippen LogP contribution in [0.5, 0.6) is 0 Å². The third-order valence-electron chi connectivity index (χ3n) is 3.75. The van der Waals surface area contributed by atoms with Gasteiger partial charge in [0.1, 0.15) is 4.90 Å². The van der Waals surface area contributed by atoms with Gasteiger partial charge < -0.3 is 5.32 Å². The summed E-state index contributed by atoms with van der Waals surface area (Å²) in [5.41, 5.74) is 0.315. The number of hydrogen-bond donors (Lipinski definition) is 2. The maximum Gasteiger partial charge on any atom is 0.242 e. The number of anilines is 1. The van der Waals surface area contributed by atoms with Gasteiger partial charge in [0.2, 0.25) is 10.0 Å². The van der Waals surface area contributed by atoms with Crippen LogP contribution in [-0.4, -0.2) is 36.2 Å². The molecule has 0 heterocycles. The fourth-order valence-electron chi connectivity index (χ4n) is 2.08. The molecular formula is C13H20N2O4S2. The zero-order valence-corrected chi connectivity index (χ0v) is 14.1. The minimum absolute atomic E-state index is 0.0167. The van der Waals surface area contributed by atoms with Gasteiger partial charge in [-0.2, -0.15) is 0 Å². The van der Waals surface area contributed by atoms with Gasteiger partial charge in [-0.1, -0.05) is 13.8 Å². The van der Waals surface area contributed by atoms with E-state index >= 15 is 0 Å². The van der Waals surface area contributed by atoms with Crippen LogP contribution < -0.4 is 10.0 Å². The fourth-order valence-corrected chi connectivity index (χ4v) is 4.45. The molecule has 0 bridgehead atoms. The second-order valence-corrected chi connectivity index (χ2v) is 9.74. The number of rotatable bonds is 5. The Morgan fingerprint density at radius 2 is 1.76 bits per heavy atom. The SMILES string of the molecule is CNc1ccc(S(C)(=O)=O)cc1S(=O)(=O)NC1CC1(C)C. The van der Waals surface area contributed by atoms with Crippen LogP contribution in [0, 0.1) is 5.41 Å². The molecule has 6 nitrogen and oxygen atoms in total. The van der Waals surface area contributed by atoms with Crippen molar-refractivity contribution in [3.05, 3.63) is 18.2 Å². The van der Waals surface area contributed by atoms with E-state index in [0.29, 0.717) is 5.69 Å². The van der Waals surface area contributed by atoms with Crippen LogP contribution in [0.3, 0.4) is 0 Å². The Labute approximate surface area is 125 Å². The molecule has 2 N–H and O–H groups in total.